The fourth-order valence-electron chi connectivity index (χ4n) is 3.12. The van der Waals surface area contributed by atoms with Gasteiger partial charge >= 0.3 is 0 Å². The molecule has 7 nitrogen and oxygen atoms in total. The Morgan fingerprint density at radius 3 is 2.24 bits per heavy atom. The van der Waals surface area contributed by atoms with Crippen LogP contribution in [0.5, 0.6) is 0 Å². The van der Waals surface area contributed by atoms with Gasteiger partial charge in [0.1, 0.15) is 18.3 Å². The SMILES string of the molecule is COC1(C)OC2C(O)COC(OCc3ccccc3)C2OC1(C)OC. The van der Waals surface area contributed by atoms with E-state index in [9.17, 15) is 5.11 Å². The van der Waals surface area contributed by atoms with Crippen molar-refractivity contribution in [2.24, 2.45) is 0 Å². The molecule has 0 aliphatic carbocycles. The number of hydrogen-bond acceptors (Lipinski definition) is 7. The average molecular weight is 354 g/mol. The van der Waals surface area contributed by atoms with E-state index >= 15 is 0 Å². The van der Waals surface area contributed by atoms with Gasteiger partial charge in [0, 0.05) is 14.2 Å². The molecular weight excluding hydrogens is 328 g/mol. The molecule has 140 valence electrons. The second-order valence-corrected chi connectivity index (χ2v) is 6.53. The molecular formula is C18H26O7. The third-order valence-electron chi connectivity index (χ3n) is 4.99. The van der Waals surface area contributed by atoms with Crippen LogP contribution in [0.25, 0.3) is 0 Å². The van der Waals surface area contributed by atoms with Gasteiger partial charge in [-0.05, 0) is 19.4 Å². The van der Waals surface area contributed by atoms with E-state index in [1.54, 1.807) is 13.8 Å². The zero-order valence-electron chi connectivity index (χ0n) is 15.0. The summed E-state index contributed by atoms with van der Waals surface area (Å²) in [5.74, 6) is -2.36. The molecule has 0 radical (unpaired) electrons. The van der Waals surface area contributed by atoms with Gasteiger partial charge in [0.25, 0.3) is 0 Å². The summed E-state index contributed by atoms with van der Waals surface area (Å²) in [7, 11) is 3.02. The number of rotatable bonds is 5. The van der Waals surface area contributed by atoms with Gasteiger partial charge in [0.15, 0.2) is 6.29 Å². The van der Waals surface area contributed by atoms with Gasteiger partial charge in [-0.25, -0.2) is 0 Å². The molecule has 2 fully saturated rings. The van der Waals surface area contributed by atoms with Crippen molar-refractivity contribution in [1.29, 1.82) is 0 Å². The van der Waals surface area contributed by atoms with Gasteiger partial charge in [-0.2, -0.15) is 0 Å². The molecule has 1 aromatic carbocycles. The molecule has 0 amide bonds. The highest BCUT2D eigenvalue weighted by Crippen LogP contribution is 2.42. The molecule has 0 saturated carbocycles. The maximum atomic E-state index is 10.3. The van der Waals surface area contributed by atoms with Crippen molar-refractivity contribution in [3.63, 3.8) is 0 Å². The molecule has 7 heteroatoms. The fraction of sp³-hybridized carbons (Fsp3) is 0.667. The number of methoxy groups -OCH3 is 2. The standard InChI is InChI=1S/C18H26O7/c1-17(20-3)18(2,21-4)25-15-14(24-17)13(19)11-23-16(15)22-10-12-8-6-5-7-9-12/h5-9,13-16,19H,10-11H2,1-4H3. The number of aliphatic hydroxyl groups is 1. The third kappa shape index (κ3) is 3.46. The van der Waals surface area contributed by atoms with Gasteiger partial charge in [-0.3, -0.25) is 0 Å². The van der Waals surface area contributed by atoms with Crippen LogP contribution in [0.15, 0.2) is 30.3 Å². The molecule has 0 bridgehead atoms. The van der Waals surface area contributed by atoms with E-state index in [2.05, 4.69) is 0 Å². The highest BCUT2D eigenvalue weighted by molar-refractivity contribution is 5.13. The Morgan fingerprint density at radius 1 is 1.04 bits per heavy atom. The molecule has 0 aromatic heterocycles. The Kier molecular flexibility index (Phi) is 5.45. The Balaban J connectivity index is 1.77. The van der Waals surface area contributed by atoms with E-state index in [1.807, 2.05) is 30.3 Å². The van der Waals surface area contributed by atoms with Crippen LogP contribution in [0.4, 0.5) is 0 Å². The van der Waals surface area contributed by atoms with Crippen LogP contribution < -0.4 is 0 Å². The second-order valence-electron chi connectivity index (χ2n) is 6.53. The Hall–Kier alpha value is -1.06. The lowest BCUT2D eigenvalue weighted by molar-refractivity contribution is -0.479. The van der Waals surface area contributed by atoms with Crippen LogP contribution >= 0.6 is 0 Å². The predicted molar refractivity (Wildman–Crippen MR) is 87.6 cm³/mol. The number of aliphatic hydroxyl groups excluding tert-OH is 1. The maximum absolute atomic E-state index is 10.3. The van der Waals surface area contributed by atoms with Crippen LogP contribution in [0.2, 0.25) is 0 Å². The highest BCUT2D eigenvalue weighted by atomic mass is 16.8. The summed E-state index contributed by atoms with van der Waals surface area (Å²) in [5, 5.41) is 10.3. The lowest BCUT2D eigenvalue weighted by Crippen LogP contribution is -2.71. The van der Waals surface area contributed by atoms with Crippen molar-refractivity contribution in [3.8, 4) is 0 Å². The quantitative estimate of drug-likeness (QED) is 0.857. The molecule has 2 aliphatic rings. The number of fused-ring (bicyclic) bond motifs is 1. The van der Waals surface area contributed by atoms with Crippen molar-refractivity contribution >= 4 is 0 Å². The Morgan fingerprint density at radius 2 is 1.64 bits per heavy atom. The first-order chi connectivity index (χ1) is 11.9. The molecule has 6 atom stereocenters. The van der Waals surface area contributed by atoms with Gasteiger partial charge in [-0.15, -0.1) is 0 Å². The third-order valence-corrected chi connectivity index (χ3v) is 4.99. The zero-order valence-corrected chi connectivity index (χ0v) is 15.0. The van der Waals surface area contributed by atoms with Crippen LogP contribution in [0.1, 0.15) is 19.4 Å². The van der Waals surface area contributed by atoms with Crippen molar-refractivity contribution in [1.82, 2.24) is 0 Å². The first kappa shape index (κ1) is 18.7. The summed E-state index contributed by atoms with van der Waals surface area (Å²) < 4.78 is 34.7. The average Bonchev–Trinajstić information content (AvgIpc) is 2.64. The molecule has 2 saturated heterocycles. The summed E-state index contributed by atoms with van der Waals surface area (Å²) in [6.45, 7) is 3.89. The molecule has 1 aromatic rings. The minimum absolute atomic E-state index is 0.0907. The first-order valence-corrected chi connectivity index (χ1v) is 8.33. The summed E-state index contributed by atoms with van der Waals surface area (Å²) in [6, 6.07) is 9.77. The molecule has 2 heterocycles. The van der Waals surface area contributed by atoms with Crippen molar-refractivity contribution in [2.45, 2.75) is 56.6 Å². The highest BCUT2D eigenvalue weighted by Gasteiger charge is 2.61. The topological polar surface area (TPSA) is 75.6 Å². The molecule has 1 N–H and O–H groups in total. The molecule has 0 spiro atoms. The van der Waals surface area contributed by atoms with Crippen molar-refractivity contribution in [2.75, 3.05) is 20.8 Å². The van der Waals surface area contributed by atoms with E-state index in [4.69, 9.17) is 28.4 Å². The van der Waals surface area contributed by atoms with Gasteiger partial charge < -0.3 is 33.5 Å². The summed E-state index contributed by atoms with van der Waals surface area (Å²) >= 11 is 0. The lowest BCUT2D eigenvalue weighted by Gasteiger charge is -2.55. The lowest BCUT2D eigenvalue weighted by atomic mass is 9.98. The van der Waals surface area contributed by atoms with E-state index in [-0.39, 0.29) is 6.61 Å². The van der Waals surface area contributed by atoms with Gasteiger partial charge in [0.2, 0.25) is 11.6 Å². The minimum atomic E-state index is -1.18. The van der Waals surface area contributed by atoms with E-state index in [0.717, 1.165) is 5.56 Å². The van der Waals surface area contributed by atoms with Crippen LogP contribution in [-0.2, 0) is 35.0 Å². The first-order valence-electron chi connectivity index (χ1n) is 8.33. The largest absolute Gasteiger partial charge is 0.388 e. The second kappa shape index (κ2) is 7.28. The van der Waals surface area contributed by atoms with Crippen LogP contribution in [-0.4, -0.2) is 62.1 Å². The van der Waals surface area contributed by atoms with E-state index < -0.39 is 36.2 Å². The summed E-state index contributed by atoms with van der Waals surface area (Å²) in [4.78, 5) is 0. The maximum Gasteiger partial charge on any atom is 0.220 e. The van der Waals surface area contributed by atoms with E-state index in [0.29, 0.717) is 6.61 Å². The molecule has 2 aliphatic heterocycles. The fourth-order valence-corrected chi connectivity index (χ4v) is 3.12. The number of hydrogen-bond donors (Lipinski definition) is 1. The molecule has 6 unspecified atom stereocenters. The smallest absolute Gasteiger partial charge is 0.220 e. The van der Waals surface area contributed by atoms with E-state index in [1.165, 1.54) is 14.2 Å². The van der Waals surface area contributed by atoms with Crippen molar-refractivity contribution < 1.29 is 33.5 Å². The number of benzene rings is 1. The van der Waals surface area contributed by atoms with Crippen LogP contribution in [0, 0.1) is 0 Å². The Bertz CT molecular complexity index is 568. The normalized spacial score (nSPS) is 41.3. The predicted octanol–water partition coefficient (Wildman–Crippen LogP) is 1.43. The number of ether oxygens (including phenoxy) is 6. The van der Waals surface area contributed by atoms with Crippen LogP contribution in [0.3, 0.4) is 0 Å². The monoisotopic (exact) mass is 354 g/mol. The molecule has 25 heavy (non-hydrogen) atoms. The van der Waals surface area contributed by atoms with Crippen molar-refractivity contribution in [3.05, 3.63) is 35.9 Å². The molecule has 3 rings (SSSR count). The Labute approximate surface area is 147 Å². The minimum Gasteiger partial charge on any atom is -0.388 e. The summed E-state index contributed by atoms with van der Waals surface area (Å²) in [5.41, 5.74) is 1.02. The van der Waals surface area contributed by atoms with Gasteiger partial charge in [-0.1, -0.05) is 30.3 Å². The summed E-state index contributed by atoms with van der Waals surface area (Å²) in [6.07, 6.45) is -2.84. The zero-order chi connectivity index (χ0) is 18.1. The van der Waals surface area contributed by atoms with Gasteiger partial charge in [0.05, 0.1) is 13.2 Å².